The zero-order valence-corrected chi connectivity index (χ0v) is 12.3. The molecule has 0 heterocycles. The van der Waals surface area contributed by atoms with Crippen molar-refractivity contribution >= 4 is 6.03 Å². The average molecular weight is 300 g/mol. The number of nitrogens with one attached hydrogen (secondary N) is 2. The first-order valence-electron chi connectivity index (χ1n) is 7.01. The number of aliphatic hydroxyl groups excluding tert-OH is 1. The molecule has 1 atom stereocenters. The quantitative estimate of drug-likeness (QED) is 0.723. The molecule has 21 heavy (non-hydrogen) atoms. The van der Waals surface area contributed by atoms with E-state index in [1.165, 1.54) is 12.1 Å². The number of hydrogen-bond donors (Lipinski definition) is 3. The summed E-state index contributed by atoms with van der Waals surface area (Å²) in [6, 6.07) is 2.66. The highest BCUT2D eigenvalue weighted by atomic mass is 19.1. The van der Waals surface area contributed by atoms with Gasteiger partial charge in [0, 0.05) is 12.6 Å². The molecule has 0 saturated heterocycles. The fourth-order valence-corrected chi connectivity index (χ4v) is 2.02. The average Bonchev–Trinajstić information content (AvgIpc) is 2.40. The third-order valence-electron chi connectivity index (χ3n) is 3.01. The van der Waals surface area contributed by atoms with E-state index in [-0.39, 0.29) is 25.6 Å². The van der Waals surface area contributed by atoms with Crippen LogP contribution in [0.15, 0.2) is 18.2 Å². The van der Waals surface area contributed by atoms with Gasteiger partial charge in [-0.15, -0.1) is 0 Å². The molecule has 4 nitrogen and oxygen atoms in total. The molecule has 0 spiro atoms. The molecule has 0 bridgehead atoms. The lowest BCUT2D eigenvalue weighted by Gasteiger charge is -2.18. The van der Waals surface area contributed by atoms with Crippen molar-refractivity contribution in [3.05, 3.63) is 35.4 Å². The van der Waals surface area contributed by atoms with Gasteiger partial charge in [0.25, 0.3) is 0 Å². The Hall–Kier alpha value is -1.69. The van der Waals surface area contributed by atoms with Crippen molar-refractivity contribution in [2.45, 2.75) is 32.7 Å². The fourth-order valence-electron chi connectivity index (χ4n) is 2.02. The Kier molecular flexibility index (Phi) is 7.08. The summed E-state index contributed by atoms with van der Waals surface area (Å²) in [5, 5.41) is 14.4. The number of carbonyl (C=O) groups excluding carboxylic acids is 1. The number of urea groups is 1. The van der Waals surface area contributed by atoms with Crippen molar-refractivity contribution in [2.24, 2.45) is 5.92 Å². The van der Waals surface area contributed by atoms with Crippen LogP contribution >= 0.6 is 0 Å². The molecule has 1 aromatic carbocycles. The van der Waals surface area contributed by atoms with E-state index in [0.29, 0.717) is 17.9 Å². The highest BCUT2D eigenvalue weighted by molar-refractivity contribution is 5.74. The van der Waals surface area contributed by atoms with Gasteiger partial charge in [-0.25, -0.2) is 13.6 Å². The van der Waals surface area contributed by atoms with E-state index in [1.54, 1.807) is 0 Å². The maximum absolute atomic E-state index is 13.4. The van der Waals surface area contributed by atoms with Gasteiger partial charge >= 0.3 is 6.03 Å². The first-order valence-corrected chi connectivity index (χ1v) is 7.01. The van der Waals surface area contributed by atoms with Gasteiger partial charge in [-0.1, -0.05) is 19.9 Å². The van der Waals surface area contributed by atoms with Gasteiger partial charge in [-0.2, -0.15) is 0 Å². The number of benzene rings is 1. The van der Waals surface area contributed by atoms with Crippen LogP contribution in [0.5, 0.6) is 0 Å². The molecule has 118 valence electrons. The van der Waals surface area contributed by atoms with Crippen LogP contribution in [0, 0.1) is 17.6 Å². The molecule has 0 radical (unpaired) electrons. The van der Waals surface area contributed by atoms with Crippen LogP contribution in [-0.2, 0) is 6.42 Å². The van der Waals surface area contributed by atoms with Crippen LogP contribution in [0.3, 0.4) is 0 Å². The minimum atomic E-state index is -0.624. The largest absolute Gasteiger partial charge is 0.394 e. The standard InChI is InChI=1S/C15H22F2N2O2/c1-10(2)7-13(9-20)19-15(21)18-6-5-11-3-4-12(16)8-14(11)17/h3-4,8,10,13,20H,5-7,9H2,1-2H3,(H2,18,19,21). The highest BCUT2D eigenvalue weighted by Gasteiger charge is 2.12. The van der Waals surface area contributed by atoms with Crippen LogP contribution in [0.1, 0.15) is 25.8 Å². The van der Waals surface area contributed by atoms with Gasteiger partial charge in [0.2, 0.25) is 0 Å². The molecule has 0 saturated carbocycles. The molecule has 3 N–H and O–H groups in total. The van der Waals surface area contributed by atoms with E-state index in [0.717, 1.165) is 6.07 Å². The number of rotatable bonds is 7. The number of halogens is 2. The van der Waals surface area contributed by atoms with Gasteiger partial charge < -0.3 is 15.7 Å². The van der Waals surface area contributed by atoms with Crippen molar-refractivity contribution in [2.75, 3.05) is 13.2 Å². The van der Waals surface area contributed by atoms with Gasteiger partial charge in [-0.3, -0.25) is 0 Å². The molecule has 1 aromatic rings. The van der Waals surface area contributed by atoms with Crippen molar-refractivity contribution in [1.82, 2.24) is 10.6 Å². The summed E-state index contributed by atoms with van der Waals surface area (Å²) in [6.45, 7) is 4.10. The topological polar surface area (TPSA) is 61.4 Å². The molecular weight excluding hydrogens is 278 g/mol. The molecule has 1 rings (SSSR count). The molecule has 0 fully saturated rings. The molecule has 1 unspecified atom stereocenters. The zero-order valence-electron chi connectivity index (χ0n) is 12.3. The van der Waals surface area contributed by atoms with Crippen LogP contribution in [0.2, 0.25) is 0 Å². The maximum Gasteiger partial charge on any atom is 0.315 e. The van der Waals surface area contributed by atoms with Crippen molar-refractivity contribution in [1.29, 1.82) is 0 Å². The molecular formula is C15H22F2N2O2. The number of amides is 2. The predicted molar refractivity (Wildman–Crippen MR) is 76.9 cm³/mol. The second-order valence-electron chi connectivity index (χ2n) is 5.40. The number of carbonyl (C=O) groups is 1. The van der Waals surface area contributed by atoms with E-state index in [1.807, 2.05) is 13.8 Å². The number of aliphatic hydroxyl groups is 1. The summed E-state index contributed by atoms with van der Waals surface area (Å²) in [7, 11) is 0. The number of hydrogen-bond acceptors (Lipinski definition) is 2. The minimum Gasteiger partial charge on any atom is -0.394 e. The summed E-state index contributed by atoms with van der Waals surface area (Å²) < 4.78 is 26.1. The molecule has 0 aliphatic rings. The summed E-state index contributed by atoms with van der Waals surface area (Å²) in [5.74, 6) is -0.887. The van der Waals surface area contributed by atoms with Crippen LogP contribution in [0.4, 0.5) is 13.6 Å². The molecule has 6 heteroatoms. The summed E-state index contributed by atoms with van der Waals surface area (Å²) in [5.41, 5.74) is 0.345. The first kappa shape index (κ1) is 17.4. The van der Waals surface area contributed by atoms with Crippen molar-refractivity contribution in [3.8, 4) is 0 Å². The van der Waals surface area contributed by atoms with E-state index < -0.39 is 17.7 Å². The van der Waals surface area contributed by atoms with Crippen LogP contribution < -0.4 is 10.6 Å². The van der Waals surface area contributed by atoms with Gasteiger partial charge in [0.1, 0.15) is 11.6 Å². The second-order valence-corrected chi connectivity index (χ2v) is 5.40. The Morgan fingerprint density at radius 2 is 2.05 bits per heavy atom. The lowest BCUT2D eigenvalue weighted by atomic mass is 10.0. The van der Waals surface area contributed by atoms with E-state index in [4.69, 9.17) is 5.11 Å². The Morgan fingerprint density at radius 3 is 2.62 bits per heavy atom. The van der Waals surface area contributed by atoms with Gasteiger partial charge in [0.05, 0.1) is 12.6 Å². The molecule has 0 aromatic heterocycles. The highest BCUT2D eigenvalue weighted by Crippen LogP contribution is 2.09. The van der Waals surface area contributed by atoms with Crippen LogP contribution in [-0.4, -0.2) is 30.3 Å². The summed E-state index contributed by atoms with van der Waals surface area (Å²) >= 11 is 0. The molecule has 0 aliphatic heterocycles. The second kappa shape index (κ2) is 8.56. The first-order chi connectivity index (χ1) is 9.92. The molecule has 2 amide bonds. The predicted octanol–water partition coefficient (Wildman–Crippen LogP) is 2.21. The fraction of sp³-hybridized carbons (Fsp3) is 0.533. The summed E-state index contributed by atoms with van der Waals surface area (Å²) in [6.07, 6.45) is 0.948. The Morgan fingerprint density at radius 1 is 1.33 bits per heavy atom. The van der Waals surface area contributed by atoms with Crippen molar-refractivity contribution < 1.29 is 18.7 Å². The zero-order chi connectivity index (χ0) is 15.8. The van der Waals surface area contributed by atoms with E-state index >= 15 is 0 Å². The minimum absolute atomic E-state index is 0.127. The Bertz CT molecular complexity index is 467. The maximum atomic E-state index is 13.4. The normalized spacial score (nSPS) is 12.3. The van der Waals surface area contributed by atoms with Crippen LogP contribution in [0.25, 0.3) is 0 Å². The third-order valence-corrected chi connectivity index (χ3v) is 3.01. The monoisotopic (exact) mass is 300 g/mol. The van der Waals surface area contributed by atoms with Crippen molar-refractivity contribution in [3.63, 3.8) is 0 Å². The van der Waals surface area contributed by atoms with E-state index in [2.05, 4.69) is 10.6 Å². The third kappa shape index (κ3) is 6.53. The lowest BCUT2D eigenvalue weighted by Crippen LogP contribution is -2.44. The van der Waals surface area contributed by atoms with Gasteiger partial charge in [0.15, 0.2) is 0 Å². The molecule has 0 aliphatic carbocycles. The Labute approximate surface area is 123 Å². The Balaban J connectivity index is 2.36. The van der Waals surface area contributed by atoms with Gasteiger partial charge in [-0.05, 0) is 30.4 Å². The summed E-state index contributed by atoms with van der Waals surface area (Å²) in [4.78, 5) is 11.6. The lowest BCUT2D eigenvalue weighted by molar-refractivity contribution is 0.207. The smallest absolute Gasteiger partial charge is 0.315 e. The SMILES string of the molecule is CC(C)CC(CO)NC(=O)NCCc1ccc(F)cc1F. The van der Waals surface area contributed by atoms with E-state index in [9.17, 15) is 13.6 Å².